The van der Waals surface area contributed by atoms with E-state index >= 15 is 0 Å². The van der Waals surface area contributed by atoms with Gasteiger partial charge in [-0.3, -0.25) is 14.6 Å². The summed E-state index contributed by atoms with van der Waals surface area (Å²) in [6.45, 7) is 10.3. The number of hydrogen-bond donors (Lipinski definition) is 0. The molecule has 24 heavy (non-hydrogen) atoms. The minimum Gasteiger partial charge on any atom is -0.368 e. The van der Waals surface area contributed by atoms with Crippen molar-refractivity contribution >= 4 is 17.5 Å². The van der Waals surface area contributed by atoms with Crippen LogP contribution in [0.1, 0.15) is 44.1 Å². The van der Waals surface area contributed by atoms with E-state index in [0.29, 0.717) is 5.69 Å². The first kappa shape index (κ1) is 18.2. The summed E-state index contributed by atoms with van der Waals surface area (Å²) in [7, 11) is 0. The van der Waals surface area contributed by atoms with E-state index in [4.69, 9.17) is 0 Å². The molecule has 0 unspecified atom stereocenters. The van der Waals surface area contributed by atoms with Crippen molar-refractivity contribution < 1.29 is 9.59 Å². The van der Waals surface area contributed by atoms with Gasteiger partial charge in [0.15, 0.2) is 0 Å². The van der Waals surface area contributed by atoms with Gasteiger partial charge in [-0.1, -0.05) is 13.8 Å². The Kier molecular flexibility index (Phi) is 6.58. The highest BCUT2D eigenvalue weighted by Gasteiger charge is 2.21. The predicted molar refractivity (Wildman–Crippen MR) is 95.2 cm³/mol. The van der Waals surface area contributed by atoms with Crippen LogP contribution in [0.15, 0.2) is 18.3 Å². The fourth-order valence-corrected chi connectivity index (χ4v) is 3.03. The lowest BCUT2D eigenvalue weighted by Gasteiger charge is -2.35. The topological polar surface area (TPSA) is 56.8 Å². The Balaban J connectivity index is 2.08. The highest BCUT2D eigenvalue weighted by atomic mass is 16.2. The normalized spacial score (nSPS) is 14.6. The molecule has 1 aromatic rings. The van der Waals surface area contributed by atoms with Crippen LogP contribution >= 0.6 is 0 Å². The van der Waals surface area contributed by atoms with E-state index in [-0.39, 0.29) is 11.8 Å². The summed E-state index contributed by atoms with van der Waals surface area (Å²) in [6, 6.07) is 3.81. The summed E-state index contributed by atoms with van der Waals surface area (Å²) in [5.41, 5.74) is 1.51. The number of pyridine rings is 1. The Labute approximate surface area is 144 Å². The van der Waals surface area contributed by atoms with Crippen LogP contribution in [0.4, 0.5) is 5.69 Å². The molecule has 132 valence electrons. The predicted octanol–water partition coefficient (Wildman–Crippen LogP) is 2.01. The number of nitrogens with zero attached hydrogens (tertiary/aromatic N) is 4. The second-order valence-corrected chi connectivity index (χ2v) is 6.18. The van der Waals surface area contributed by atoms with Gasteiger partial charge in [0.25, 0.3) is 5.91 Å². The average molecular weight is 332 g/mol. The molecule has 0 atom stereocenters. The maximum atomic E-state index is 12.7. The van der Waals surface area contributed by atoms with Gasteiger partial charge in [0.1, 0.15) is 5.69 Å². The van der Waals surface area contributed by atoms with Crippen LogP contribution in [0.5, 0.6) is 0 Å². The van der Waals surface area contributed by atoms with E-state index < -0.39 is 0 Å². The highest BCUT2D eigenvalue weighted by Crippen LogP contribution is 2.18. The van der Waals surface area contributed by atoms with Crippen LogP contribution in [0.2, 0.25) is 0 Å². The third-order valence-electron chi connectivity index (χ3n) is 4.33. The summed E-state index contributed by atoms with van der Waals surface area (Å²) in [5.74, 6) is 0.123. The van der Waals surface area contributed by atoms with Crippen molar-refractivity contribution in [2.45, 2.75) is 33.6 Å². The van der Waals surface area contributed by atoms with Crippen LogP contribution in [-0.2, 0) is 4.79 Å². The lowest BCUT2D eigenvalue weighted by atomic mass is 10.2. The average Bonchev–Trinajstić information content (AvgIpc) is 2.61. The maximum absolute atomic E-state index is 12.7. The van der Waals surface area contributed by atoms with Crippen molar-refractivity contribution in [2.24, 2.45) is 0 Å². The number of hydrogen-bond acceptors (Lipinski definition) is 4. The minimum atomic E-state index is 0.00271. The molecule has 2 rings (SSSR count). The Hall–Kier alpha value is -2.11. The van der Waals surface area contributed by atoms with Crippen LogP contribution in [0.25, 0.3) is 0 Å². The van der Waals surface area contributed by atoms with Crippen molar-refractivity contribution in [3.05, 3.63) is 24.0 Å². The molecule has 1 aromatic heterocycles. The number of aromatic nitrogens is 1. The van der Waals surface area contributed by atoms with E-state index in [0.717, 1.165) is 57.8 Å². The van der Waals surface area contributed by atoms with Crippen molar-refractivity contribution in [1.29, 1.82) is 0 Å². The van der Waals surface area contributed by atoms with Crippen molar-refractivity contribution in [2.75, 3.05) is 44.2 Å². The highest BCUT2D eigenvalue weighted by molar-refractivity contribution is 5.93. The molecule has 0 saturated carbocycles. The third-order valence-corrected chi connectivity index (χ3v) is 4.33. The van der Waals surface area contributed by atoms with Gasteiger partial charge in [0.2, 0.25) is 5.91 Å². The Morgan fingerprint density at radius 3 is 2.29 bits per heavy atom. The van der Waals surface area contributed by atoms with Crippen molar-refractivity contribution in [3.63, 3.8) is 0 Å². The van der Waals surface area contributed by atoms with Gasteiger partial charge in [0.05, 0.1) is 0 Å². The van der Waals surface area contributed by atoms with Gasteiger partial charge < -0.3 is 14.7 Å². The third kappa shape index (κ3) is 4.46. The fourth-order valence-electron chi connectivity index (χ4n) is 3.03. The van der Waals surface area contributed by atoms with E-state index in [9.17, 15) is 9.59 Å². The largest absolute Gasteiger partial charge is 0.368 e. The van der Waals surface area contributed by atoms with Gasteiger partial charge >= 0.3 is 0 Å². The van der Waals surface area contributed by atoms with Gasteiger partial charge in [-0.05, 0) is 25.0 Å². The number of carbonyl (C=O) groups excluding carboxylic acids is 2. The Morgan fingerprint density at radius 2 is 1.75 bits per heavy atom. The second-order valence-electron chi connectivity index (χ2n) is 6.18. The zero-order chi connectivity index (χ0) is 17.5. The zero-order valence-electron chi connectivity index (χ0n) is 15.0. The molecule has 1 saturated heterocycles. The molecule has 0 N–H and O–H groups in total. The number of piperazine rings is 1. The first-order valence-corrected chi connectivity index (χ1v) is 8.82. The fraction of sp³-hybridized carbons (Fsp3) is 0.611. The SMILES string of the molecule is CCCN(CCC)C(=O)c1cc(N2CCN(C(C)=O)CC2)ccn1. The molecule has 0 aromatic carbocycles. The summed E-state index contributed by atoms with van der Waals surface area (Å²) in [4.78, 5) is 34.3. The van der Waals surface area contributed by atoms with Gasteiger partial charge in [-0.25, -0.2) is 0 Å². The molecule has 0 spiro atoms. The van der Waals surface area contributed by atoms with Gasteiger partial charge in [-0.15, -0.1) is 0 Å². The van der Waals surface area contributed by atoms with Gasteiger partial charge in [-0.2, -0.15) is 0 Å². The van der Waals surface area contributed by atoms with Crippen LogP contribution < -0.4 is 4.90 Å². The number of carbonyl (C=O) groups is 2. The minimum absolute atomic E-state index is 0.00271. The van der Waals surface area contributed by atoms with E-state index in [1.54, 1.807) is 13.1 Å². The summed E-state index contributed by atoms with van der Waals surface area (Å²) in [5, 5.41) is 0. The Bertz CT molecular complexity index is 562. The second kappa shape index (κ2) is 8.66. The number of rotatable bonds is 6. The molecule has 6 heteroatoms. The van der Waals surface area contributed by atoms with Crippen LogP contribution in [0, 0.1) is 0 Å². The lowest BCUT2D eigenvalue weighted by molar-refractivity contribution is -0.129. The first-order valence-electron chi connectivity index (χ1n) is 8.82. The van der Waals surface area contributed by atoms with Crippen LogP contribution in [-0.4, -0.2) is 65.9 Å². The molecule has 0 aliphatic carbocycles. The standard InChI is InChI=1S/C18H28N4O2/c1-4-8-22(9-5-2)18(24)17-14-16(6-7-19-17)21-12-10-20(11-13-21)15(3)23/h6-7,14H,4-5,8-13H2,1-3H3. The maximum Gasteiger partial charge on any atom is 0.272 e. The zero-order valence-corrected chi connectivity index (χ0v) is 15.0. The lowest BCUT2D eigenvalue weighted by Crippen LogP contribution is -2.48. The molecule has 2 heterocycles. The number of anilines is 1. The van der Waals surface area contributed by atoms with E-state index in [2.05, 4.69) is 23.7 Å². The monoisotopic (exact) mass is 332 g/mol. The molecule has 2 amide bonds. The van der Waals surface area contributed by atoms with Gasteiger partial charge in [0, 0.05) is 58.1 Å². The van der Waals surface area contributed by atoms with Crippen molar-refractivity contribution in [1.82, 2.24) is 14.8 Å². The summed E-state index contributed by atoms with van der Waals surface area (Å²) in [6.07, 6.45) is 3.59. The van der Waals surface area contributed by atoms with E-state index in [1.165, 1.54) is 0 Å². The number of amides is 2. The quantitative estimate of drug-likeness (QED) is 0.800. The molecule has 0 radical (unpaired) electrons. The molecular weight excluding hydrogens is 304 g/mol. The molecule has 1 fully saturated rings. The molecule has 0 bridgehead atoms. The summed E-state index contributed by atoms with van der Waals surface area (Å²) >= 11 is 0. The van der Waals surface area contributed by atoms with Crippen LogP contribution in [0.3, 0.4) is 0 Å². The molecular formula is C18H28N4O2. The summed E-state index contributed by atoms with van der Waals surface area (Å²) < 4.78 is 0. The Morgan fingerprint density at radius 1 is 1.12 bits per heavy atom. The van der Waals surface area contributed by atoms with E-state index in [1.807, 2.05) is 21.9 Å². The van der Waals surface area contributed by atoms with Crippen molar-refractivity contribution in [3.8, 4) is 0 Å². The molecule has 1 aliphatic heterocycles. The molecule has 1 aliphatic rings. The first-order chi connectivity index (χ1) is 11.6. The molecule has 6 nitrogen and oxygen atoms in total. The smallest absolute Gasteiger partial charge is 0.272 e.